The maximum atomic E-state index is 5.73. The second-order valence-electron chi connectivity index (χ2n) is 4.74. The summed E-state index contributed by atoms with van der Waals surface area (Å²) in [4.78, 5) is 10.8. The van der Waals surface area contributed by atoms with Crippen molar-refractivity contribution in [3.63, 3.8) is 0 Å². The fraction of sp³-hybridized carbons (Fsp3) is 0.636. The van der Waals surface area contributed by atoms with Crippen LogP contribution in [0.4, 0.5) is 5.82 Å². The van der Waals surface area contributed by atoms with E-state index in [-0.39, 0.29) is 12.2 Å². The average Bonchev–Trinajstić information content (AvgIpc) is 2.70. The summed E-state index contributed by atoms with van der Waals surface area (Å²) in [6.45, 7) is 5.76. The topological polar surface area (TPSA) is 69.0 Å². The molecule has 3 heterocycles. The van der Waals surface area contributed by atoms with Crippen LogP contribution in [0.2, 0.25) is 0 Å². The van der Waals surface area contributed by atoms with Gasteiger partial charge in [-0.1, -0.05) is 5.21 Å². The van der Waals surface area contributed by atoms with Gasteiger partial charge in [-0.15, -0.1) is 5.10 Å². The van der Waals surface area contributed by atoms with Crippen LogP contribution in [0, 0.1) is 0 Å². The highest BCUT2D eigenvalue weighted by Crippen LogP contribution is 2.23. The molecular formula is C11H16N6O. The largest absolute Gasteiger partial charge is 0.372 e. The number of ether oxygens (including phenoxy) is 1. The number of nitrogens with zero attached hydrogens (tertiary/aromatic N) is 6. The zero-order chi connectivity index (χ0) is 12.7. The van der Waals surface area contributed by atoms with E-state index in [0.717, 1.165) is 30.1 Å². The number of hydrogen-bond donors (Lipinski definition) is 0. The number of fused-ring (bicyclic) bond motifs is 1. The number of hydrogen-bond acceptors (Lipinski definition) is 6. The summed E-state index contributed by atoms with van der Waals surface area (Å²) in [5, 5.41) is 8.14. The lowest BCUT2D eigenvalue weighted by molar-refractivity contribution is -0.00538. The molecule has 96 valence electrons. The van der Waals surface area contributed by atoms with Gasteiger partial charge in [0.25, 0.3) is 0 Å². The molecule has 1 aliphatic rings. The Labute approximate surface area is 105 Å². The van der Waals surface area contributed by atoms with Gasteiger partial charge in [0.15, 0.2) is 17.0 Å². The molecule has 18 heavy (non-hydrogen) atoms. The molecule has 0 amide bonds. The third-order valence-corrected chi connectivity index (χ3v) is 3.09. The minimum atomic E-state index is 0.190. The van der Waals surface area contributed by atoms with Gasteiger partial charge in [-0.2, -0.15) is 0 Å². The van der Waals surface area contributed by atoms with Gasteiger partial charge in [0.1, 0.15) is 6.33 Å². The SMILES string of the molecule is C[C@H]1CN(c2ncnc3c2nnn3C)C[C@H](C)O1. The summed E-state index contributed by atoms with van der Waals surface area (Å²) in [7, 11) is 1.83. The van der Waals surface area contributed by atoms with Gasteiger partial charge in [0, 0.05) is 20.1 Å². The number of anilines is 1. The van der Waals surface area contributed by atoms with E-state index in [1.165, 1.54) is 0 Å². The first kappa shape index (κ1) is 11.3. The monoisotopic (exact) mass is 248 g/mol. The van der Waals surface area contributed by atoms with Gasteiger partial charge < -0.3 is 9.64 Å². The number of aromatic nitrogens is 5. The quantitative estimate of drug-likeness (QED) is 0.726. The van der Waals surface area contributed by atoms with E-state index in [4.69, 9.17) is 4.74 Å². The molecule has 7 nitrogen and oxygen atoms in total. The summed E-state index contributed by atoms with van der Waals surface area (Å²) in [5.74, 6) is 0.843. The Morgan fingerprint density at radius 3 is 2.67 bits per heavy atom. The molecule has 0 aliphatic carbocycles. The van der Waals surface area contributed by atoms with Crippen molar-refractivity contribution >= 4 is 17.0 Å². The first-order chi connectivity index (χ1) is 8.65. The number of morpholine rings is 1. The first-order valence-corrected chi connectivity index (χ1v) is 6.06. The molecule has 0 N–H and O–H groups in total. The highest BCUT2D eigenvalue weighted by molar-refractivity contribution is 5.82. The van der Waals surface area contributed by atoms with Crippen LogP contribution >= 0.6 is 0 Å². The van der Waals surface area contributed by atoms with Crippen LogP contribution in [0.3, 0.4) is 0 Å². The molecule has 7 heteroatoms. The van der Waals surface area contributed by atoms with Crippen LogP contribution in [0.1, 0.15) is 13.8 Å². The minimum Gasteiger partial charge on any atom is -0.372 e. The van der Waals surface area contributed by atoms with Crippen molar-refractivity contribution in [2.24, 2.45) is 7.05 Å². The van der Waals surface area contributed by atoms with E-state index in [2.05, 4.69) is 39.0 Å². The maximum absolute atomic E-state index is 5.73. The Morgan fingerprint density at radius 2 is 1.94 bits per heavy atom. The third kappa shape index (κ3) is 1.80. The van der Waals surface area contributed by atoms with Crippen LogP contribution in [0.15, 0.2) is 6.33 Å². The molecule has 0 spiro atoms. The van der Waals surface area contributed by atoms with Crippen molar-refractivity contribution < 1.29 is 4.74 Å². The van der Waals surface area contributed by atoms with E-state index in [1.807, 2.05) is 7.05 Å². The van der Waals surface area contributed by atoms with Gasteiger partial charge in [0.2, 0.25) is 0 Å². The van der Waals surface area contributed by atoms with Crippen molar-refractivity contribution in [3.8, 4) is 0 Å². The van der Waals surface area contributed by atoms with Gasteiger partial charge in [-0.25, -0.2) is 14.6 Å². The molecule has 2 aromatic heterocycles. The Balaban J connectivity index is 2.03. The van der Waals surface area contributed by atoms with Crippen molar-refractivity contribution in [2.75, 3.05) is 18.0 Å². The van der Waals surface area contributed by atoms with Gasteiger partial charge in [-0.3, -0.25) is 0 Å². The van der Waals surface area contributed by atoms with E-state index in [9.17, 15) is 0 Å². The predicted octanol–water partition coefficient (Wildman–Crippen LogP) is 0.372. The fourth-order valence-corrected chi connectivity index (χ4v) is 2.42. The summed E-state index contributed by atoms with van der Waals surface area (Å²) in [6.07, 6.45) is 1.94. The average molecular weight is 248 g/mol. The lowest BCUT2D eigenvalue weighted by atomic mass is 10.2. The summed E-state index contributed by atoms with van der Waals surface area (Å²) >= 11 is 0. The summed E-state index contributed by atoms with van der Waals surface area (Å²) in [5.41, 5.74) is 1.51. The molecule has 3 rings (SSSR count). The van der Waals surface area contributed by atoms with E-state index >= 15 is 0 Å². The maximum Gasteiger partial charge on any atom is 0.183 e. The van der Waals surface area contributed by atoms with Crippen LogP contribution in [-0.2, 0) is 11.8 Å². The number of aryl methyl sites for hydroxylation is 1. The standard InChI is InChI=1S/C11H16N6O/c1-7-4-17(5-8(2)18-7)11-9-10(12-6-13-11)16(3)15-14-9/h6-8H,4-5H2,1-3H3/t7-,8-/m0/s1. The highest BCUT2D eigenvalue weighted by atomic mass is 16.5. The van der Waals surface area contributed by atoms with Gasteiger partial charge in [-0.05, 0) is 13.8 Å². The fourth-order valence-electron chi connectivity index (χ4n) is 2.42. The minimum absolute atomic E-state index is 0.190. The normalized spacial score (nSPS) is 24.7. The molecule has 0 bridgehead atoms. The Hall–Kier alpha value is -1.76. The van der Waals surface area contributed by atoms with Crippen LogP contribution in [0.25, 0.3) is 11.2 Å². The van der Waals surface area contributed by atoms with Crippen LogP contribution < -0.4 is 4.90 Å². The van der Waals surface area contributed by atoms with E-state index in [1.54, 1.807) is 11.0 Å². The van der Waals surface area contributed by atoms with Crippen molar-refractivity contribution in [1.82, 2.24) is 25.0 Å². The summed E-state index contributed by atoms with van der Waals surface area (Å²) in [6, 6.07) is 0. The molecular weight excluding hydrogens is 232 g/mol. The molecule has 0 radical (unpaired) electrons. The third-order valence-electron chi connectivity index (χ3n) is 3.09. The summed E-state index contributed by atoms with van der Waals surface area (Å²) < 4.78 is 7.39. The van der Waals surface area contributed by atoms with Gasteiger partial charge in [0.05, 0.1) is 12.2 Å². The first-order valence-electron chi connectivity index (χ1n) is 6.06. The number of rotatable bonds is 1. The van der Waals surface area contributed by atoms with Crippen LogP contribution in [0.5, 0.6) is 0 Å². The van der Waals surface area contributed by atoms with Crippen LogP contribution in [-0.4, -0.2) is 50.3 Å². The second kappa shape index (κ2) is 4.16. The zero-order valence-corrected chi connectivity index (χ0v) is 10.7. The lowest BCUT2D eigenvalue weighted by Gasteiger charge is -2.35. The second-order valence-corrected chi connectivity index (χ2v) is 4.74. The zero-order valence-electron chi connectivity index (χ0n) is 10.7. The molecule has 0 aromatic carbocycles. The van der Waals surface area contributed by atoms with Crippen molar-refractivity contribution in [3.05, 3.63) is 6.33 Å². The Morgan fingerprint density at radius 1 is 1.22 bits per heavy atom. The lowest BCUT2D eigenvalue weighted by Crippen LogP contribution is -2.46. The smallest absolute Gasteiger partial charge is 0.183 e. The van der Waals surface area contributed by atoms with Gasteiger partial charge >= 0.3 is 0 Å². The predicted molar refractivity (Wildman–Crippen MR) is 66.3 cm³/mol. The Kier molecular flexibility index (Phi) is 2.62. The van der Waals surface area contributed by atoms with Crippen molar-refractivity contribution in [1.29, 1.82) is 0 Å². The molecule has 1 fully saturated rings. The van der Waals surface area contributed by atoms with Crippen molar-refractivity contribution in [2.45, 2.75) is 26.1 Å². The van der Waals surface area contributed by atoms with E-state index in [0.29, 0.717) is 0 Å². The van der Waals surface area contributed by atoms with E-state index < -0.39 is 0 Å². The molecule has 0 unspecified atom stereocenters. The molecule has 0 saturated carbocycles. The molecule has 1 saturated heterocycles. The highest BCUT2D eigenvalue weighted by Gasteiger charge is 2.25. The molecule has 2 aromatic rings. The molecule has 1 aliphatic heterocycles. The Bertz CT molecular complexity index is 558. The molecule has 2 atom stereocenters.